The van der Waals surface area contributed by atoms with Gasteiger partial charge < -0.3 is 5.73 Å². The Morgan fingerprint density at radius 1 is 1.25 bits per heavy atom. The van der Waals surface area contributed by atoms with Crippen LogP contribution >= 0.6 is 0 Å². The van der Waals surface area contributed by atoms with Crippen molar-refractivity contribution in [1.29, 1.82) is 0 Å². The fourth-order valence-corrected chi connectivity index (χ4v) is 3.31. The van der Waals surface area contributed by atoms with Crippen LogP contribution in [-0.2, 0) is 24.1 Å². The van der Waals surface area contributed by atoms with Gasteiger partial charge in [0.25, 0.3) is 0 Å². The molecule has 0 aliphatic carbocycles. The summed E-state index contributed by atoms with van der Waals surface area (Å²) in [6.07, 6.45) is 0. The van der Waals surface area contributed by atoms with Crippen LogP contribution in [-0.4, -0.2) is 30.1 Å². The van der Waals surface area contributed by atoms with E-state index in [4.69, 9.17) is 5.73 Å². The molecule has 3 N–H and O–H groups in total. The molecule has 0 saturated carbocycles. The third kappa shape index (κ3) is 2.37. The van der Waals surface area contributed by atoms with E-state index < -0.39 is 10.0 Å². The van der Waals surface area contributed by atoms with Crippen molar-refractivity contribution in [3.05, 3.63) is 28.7 Å². The van der Waals surface area contributed by atoms with Crippen molar-refractivity contribution in [2.24, 2.45) is 19.8 Å². The molecular formula is C12H18N4O3S. The van der Waals surface area contributed by atoms with Gasteiger partial charge in [-0.25, -0.2) is 17.9 Å². The maximum Gasteiger partial charge on any atom is 0.328 e. The maximum atomic E-state index is 12.2. The number of rotatable bonds is 4. The van der Waals surface area contributed by atoms with E-state index in [2.05, 4.69) is 4.72 Å². The fraction of sp³-hybridized carbons (Fsp3) is 0.417. The smallest absolute Gasteiger partial charge is 0.328 e. The van der Waals surface area contributed by atoms with Gasteiger partial charge in [-0.2, -0.15) is 0 Å². The number of fused-ring (bicyclic) bond motifs is 1. The predicted octanol–water partition coefficient (Wildman–Crippen LogP) is -0.497. The first-order chi connectivity index (χ1) is 9.27. The second-order valence-corrected chi connectivity index (χ2v) is 6.52. The standard InChI is InChI=1S/C12H18N4O3S/c1-8(7-13)14-20(18,19)9-4-5-10-11(6-9)16(3)12(17)15(10)2/h4-6,8,14H,7,13H2,1-3H3/t8-/m0/s1. The number of nitrogens with two attached hydrogens (primary N) is 1. The molecule has 1 atom stereocenters. The number of benzene rings is 1. The van der Waals surface area contributed by atoms with Crippen LogP contribution < -0.4 is 16.1 Å². The van der Waals surface area contributed by atoms with Gasteiger partial charge in [0.05, 0.1) is 15.9 Å². The number of imidazole rings is 1. The molecule has 0 aliphatic heterocycles. The molecule has 1 aromatic carbocycles. The van der Waals surface area contributed by atoms with Crippen molar-refractivity contribution in [1.82, 2.24) is 13.9 Å². The summed E-state index contributed by atoms with van der Waals surface area (Å²) >= 11 is 0. The molecule has 2 aromatic rings. The van der Waals surface area contributed by atoms with Crippen molar-refractivity contribution in [2.45, 2.75) is 17.9 Å². The molecule has 8 heteroatoms. The van der Waals surface area contributed by atoms with Gasteiger partial charge in [-0.15, -0.1) is 0 Å². The van der Waals surface area contributed by atoms with Crippen molar-refractivity contribution >= 4 is 21.1 Å². The minimum Gasteiger partial charge on any atom is -0.329 e. The van der Waals surface area contributed by atoms with Gasteiger partial charge >= 0.3 is 5.69 Å². The Morgan fingerprint density at radius 3 is 2.45 bits per heavy atom. The van der Waals surface area contributed by atoms with E-state index in [1.807, 2.05) is 0 Å². The van der Waals surface area contributed by atoms with Crippen LogP contribution in [0.1, 0.15) is 6.92 Å². The van der Waals surface area contributed by atoms with Gasteiger partial charge in [0.15, 0.2) is 0 Å². The zero-order chi connectivity index (χ0) is 15.1. The lowest BCUT2D eigenvalue weighted by Gasteiger charge is -2.12. The second kappa shape index (κ2) is 5.04. The van der Waals surface area contributed by atoms with E-state index >= 15 is 0 Å². The number of hydrogen-bond donors (Lipinski definition) is 2. The summed E-state index contributed by atoms with van der Waals surface area (Å²) in [5.74, 6) is 0. The molecule has 20 heavy (non-hydrogen) atoms. The Balaban J connectivity index is 2.58. The van der Waals surface area contributed by atoms with Crippen molar-refractivity contribution in [3.63, 3.8) is 0 Å². The zero-order valence-corrected chi connectivity index (χ0v) is 12.4. The summed E-state index contributed by atoms with van der Waals surface area (Å²) < 4.78 is 29.7. The number of nitrogens with one attached hydrogen (secondary N) is 1. The van der Waals surface area contributed by atoms with Crippen LogP contribution in [0.25, 0.3) is 11.0 Å². The highest BCUT2D eigenvalue weighted by Crippen LogP contribution is 2.17. The van der Waals surface area contributed by atoms with Crippen LogP contribution in [0.3, 0.4) is 0 Å². The average molecular weight is 298 g/mol. The number of aryl methyl sites for hydroxylation is 2. The summed E-state index contributed by atoms with van der Waals surface area (Å²) in [5.41, 5.74) is 6.48. The minimum atomic E-state index is -3.64. The van der Waals surface area contributed by atoms with E-state index in [-0.39, 0.29) is 23.2 Å². The number of sulfonamides is 1. The molecule has 0 saturated heterocycles. The minimum absolute atomic E-state index is 0.117. The molecule has 0 unspecified atom stereocenters. The van der Waals surface area contributed by atoms with Crippen molar-refractivity contribution < 1.29 is 8.42 Å². The monoisotopic (exact) mass is 298 g/mol. The fourth-order valence-electron chi connectivity index (χ4n) is 2.03. The molecule has 0 bridgehead atoms. The summed E-state index contributed by atoms with van der Waals surface area (Å²) in [5, 5.41) is 0. The van der Waals surface area contributed by atoms with E-state index in [0.717, 1.165) is 0 Å². The van der Waals surface area contributed by atoms with Crippen LogP contribution in [0, 0.1) is 0 Å². The van der Waals surface area contributed by atoms with Gasteiger partial charge in [0.1, 0.15) is 0 Å². The number of aromatic nitrogens is 2. The van der Waals surface area contributed by atoms with Crippen LogP contribution in [0.15, 0.2) is 27.9 Å². The molecule has 0 fully saturated rings. The maximum absolute atomic E-state index is 12.2. The summed E-state index contributed by atoms with van der Waals surface area (Å²) in [4.78, 5) is 11.9. The first-order valence-corrected chi connectivity index (χ1v) is 7.64. The lowest BCUT2D eigenvalue weighted by molar-refractivity contribution is 0.563. The SMILES string of the molecule is C[C@@H](CN)NS(=O)(=O)c1ccc2c(c1)n(C)c(=O)n2C. The largest absolute Gasteiger partial charge is 0.329 e. The molecule has 7 nitrogen and oxygen atoms in total. The van der Waals surface area contributed by atoms with E-state index in [1.165, 1.54) is 21.3 Å². The Hall–Kier alpha value is -1.64. The molecule has 110 valence electrons. The van der Waals surface area contributed by atoms with Gasteiger partial charge in [-0.3, -0.25) is 9.13 Å². The summed E-state index contributed by atoms with van der Waals surface area (Å²) in [7, 11) is -0.384. The molecule has 0 radical (unpaired) electrons. The van der Waals surface area contributed by atoms with E-state index in [1.54, 1.807) is 27.1 Å². The third-order valence-corrected chi connectivity index (χ3v) is 4.85. The number of nitrogens with zero attached hydrogens (tertiary/aromatic N) is 2. The van der Waals surface area contributed by atoms with Gasteiger partial charge in [0.2, 0.25) is 10.0 Å². The highest BCUT2D eigenvalue weighted by Gasteiger charge is 2.18. The highest BCUT2D eigenvalue weighted by atomic mass is 32.2. The Labute approximate surface area is 117 Å². The zero-order valence-electron chi connectivity index (χ0n) is 11.6. The van der Waals surface area contributed by atoms with Crippen LogP contribution in [0.4, 0.5) is 0 Å². The molecule has 1 heterocycles. The Morgan fingerprint density at radius 2 is 1.85 bits per heavy atom. The van der Waals surface area contributed by atoms with Crippen LogP contribution in [0.2, 0.25) is 0 Å². The Kier molecular flexibility index (Phi) is 3.72. The van der Waals surface area contributed by atoms with Gasteiger partial charge in [-0.05, 0) is 25.1 Å². The van der Waals surface area contributed by atoms with Crippen molar-refractivity contribution in [3.8, 4) is 0 Å². The molecule has 0 spiro atoms. The molecule has 1 aromatic heterocycles. The molecule has 0 amide bonds. The topological polar surface area (TPSA) is 99.1 Å². The van der Waals surface area contributed by atoms with Gasteiger partial charge in [0, 0.05) is 26.7 Å². The normalized spacial score (nSPS) is 13.8. The summed E-state index contributed by atoms with van der Waals surface area (Å²) in [6, 6.07) is 4.24. The van der Waals surface area contributed by atoms with E-state index in [9.17, 15) is 13.2 Å². The quantitative estimate of drug-likeness (QED) is 0.795. The molecule has 2 rings (SSSR count). The van der Waals surface area contributed by atoms with Crippen LogP contribution in [0.5, 0.6) is 0 Å². The second-order valence-electron chi connectivity index (χ2n) is 4.81. The first kappa shape index (κ1) is 14.8. The molecule has 0 aliphatic rings. The van der Waals surface area contributed by atoms with Crippen molar-refractivity contribution in [2.75, 3.05) is 6.54 Å². The number of hydrogen-bond acceptors (Lipinski definition) is 4. The third-order valence-electron chi connectivity index (χ3n) is 3.26. The summed E-state index contributed by atoms with van der Waals surface area (Å²) in [6.45, 7) is 1.90. The predicted molar refractivity (Wildman–Crippen MR) is 77.0 cm³/mol. The first-order valence-electron chi connectivity index (χ1n) is 6.16. The molecular weight excluding hydrogens is 280 g/mol. The lowest BCUT2D eigenvalue weighted by Crippen LogP contribution is -2.37. The van der Waals surface area contributed by atoms with E-state index in [0.29, 0.717) is 11.0 Å². The Bertz CT molecular complexity index is 804. The van der Waals surface area contributed by atoms with Gasteiger partial charge in [-0.1, -0.05) is 0 Å². The average Bonchev–Trinajstić information content (AvgIpc) is 2.63. The highest BCUT2D eigenvalue weighted by molar-refractivity contribution is 7.89. The lowest BCUT2D eigenvalue weighted by atomic mass is 10.3.